The van der Waals surface area contributed by atoms with Gasteiger partial charge in [-0.1, -0.05) is 13.8 Å². The Morgan fingerprint density at radius 3 is 2.80 bits per heavy atom. The quantitative estimate of drug-likeness (QED) is 0.783. The molecule has 0 aromatic carbocycles. The van der Waals surface area contributed by atoms with E-state index in [9.17, 15) is 5.11 Å². The molecule has 0 radical (unpaired) electrons. The second-order valence-electron chi connectivity index (χ2n) is 4.42. The number of aliphatic hydroxyl groups is 1. The standard InChI is InChI=1S/C12H21NOS/c1-4-12(3,10(2)14)9-13-7-11-5-6-15-8-11/h5-6,8,10,13-14H,4,7,9H2,1-3H3. The van der Waals surface area contributed by atoms with Crippen LogP contribution >= 0.6 is 11.3 Å². The van der Waals surface area contributed by atoms with Gasteiger partial charge in [0.1, 0.15) is 0 Å². The lowest BCUT2D eigenvalue weighted by Crippen LogP contribution is -2.39. The molecular formula is C12H21NOS. The summed E-state index contributed by atoms with van der Waals surface area (Å²) in [5.41, 5.74) is 1.31. The van der Waals surface area contributed by atoms with Crippen molar-refractivity contribution >= 4 is 11.3 Å². The van der Waals surface area contributed by atoms with Crippen LogP contribution in [0.4, 0.5) is 0 Å². The third-order valence-electron chi connectivity index (χ3n) is 3.25. The summed E-state index contributed by atoms with van der Waals surface area (Å²) in [5, 5.41) is 17.3. The van der Waals surface area contributed by atoms with Crippen LogP contribution in [0, 0.1) is 5.41 Å². The molecule has 0 saturated heterocycles. The third-order valence-corrected chi connectivity index (χ3v) is 3.99. The van der Waals surface area contributed by atoms with Gasteiger partial charge in [0, 0.05) is 18.5 Å². The van der Waals surface area contributed by atoms with Gasteiger partial charge in [0.25, 0.3) is 0 Å². The fourth-order valence-corrected chi connectivity index (χ4v) is 2.12. The van der Waals surface area contributed by atoms with Crippen molar-refractivity contribution in [1.29, 1.82) is 0 Å². The van der Waals surface area contributed by atoms with E-state index in [0.29, 0.717) is 0 Å². The minimum atomic E-state index is -0.266. The molecule has 1 rings (SSSR count). The average molecular weight is 227 g/mol. The van der Waals surface area contributed by atoms with Gasteiger partial charge in [0.05, 0.1) is 6.10 Å². The molecule has 0 bridgehead atoms. The van der Waals surface area contributed by atoms with E-state index < -0.39 is 0 Å². The highest BCUT2D eigenvalue weighted by Crippen LogP contribution is 2.24. The van der Waals surface area contributed by atoms with E-state index >= 15 is 0 Å². The zero-order valence-corrected chi connectivity index (χ0v) is 10.6. The highest BCUT2D eigenvalue weighted by atomic mass is 32.1. The van der Waals surface area contributed by atoms with E-state index in [1.54, 1.807) is 11.3 Å². The van der Waals surface area contributed by atoms with Crippen LogP contribution in [0.5, 0.6) is 0 Å². The maximum Gasteiger partial charge on any atom is 0.0577 e. The summed E-state index contributed by atoms with van der Waals surface area (Å²) >= 11 is 1.72. The third kappa shape index (κ3) is 3.59. The van der Waals surface area contributed by atoms with E-state index in [-0.39, 0.29) is 11.5 Å². The van der Waals surface area contributed by atoms with Crippen LogP contribution in [0.25, 0.3) is 0 Å². The average Bonchev–Trinajstić information content (AvgIpc) is 2.70. The predicted molar refractivity (Wildman–Crippen MR) is 66.1 cm³/mol. The van der Waals surface area contributed by atoms with Crippen molar-refractivity contribution < 1.29 is 5.11 Å². The van der Waals surface area contributed by atoms with Gasteiger partial charge in [-0.2, -0.15) is 11.3 Å². The molecule has 1 aromatic rings. The normalized spacial score (nSPS) is 17.3. The Morgan fingerprint density at radius 1 is 1.60 bits per heavy atom. The van der Waals surface area contributed by atoms with Crippen molar-refractivity contribution in [3.8, 4) is 0 Å². The van der Waals surface area contributed by atoms with Gasteiger partial charge in [0.2, 0.25) is 0 Å². The van der Waals surface area contributed by atoms with Crippen molar-refractivity contribution in [3.63, 3.8) is 0 Å². The molecule has 15 heavy (non-hydrogen) atoms. The summed E-state index contributed by atoms with van der Waals surface area (Å²) < 4.78 is 0. The number of aliphatic hydroxyl groups excluding tert-OH is 1. The summed E-state index contributed by atoms with van der Waals surface area (Å²) in [4.78, 5) is 0. The highest BCUT2D eigenvalue weighted by molar-refractivity contribution is 7.07. The molecule has 86 valence electrons. The number of thiophene rings is 1. The molecule has 3 heteroatoms. The molecule has 0 saturated carbocycles. The number of hydrogen-bond acceptors (Lipinski definition) is 3. The van der Waals surface area contributed by atoms with E-state index in [2.05, 4.69) is 36.0 Å². The van der Waals surface area contributed by atoms with Crippen LogP contribution < -0.4 is 5.32 Å². The Hall–Kier alpha value is -0.380. The van der Waals surface area contributed by atoms with Gasteiger partial charge in [-0.25, -0.2) is 0 Å². The lowest BCUT2D eigenvalue weighted by molar-refractivity contribution is 0.0489. The first-order chi connectivity index (χ1) is 7.08. The van der Waals surface area contributed by atoms with E-state index in [4.69, 9.17) is 0 Å². The molecule has 0 aliphatic carbocycles. The first-order valence-corrected chi connectivity index (χ1v) is 6.42. The first-order valence-electron chi connectivity index (χ1n) is 5.48. The Bertz CT molecular complexity index is 271. The molecule has 2 unspecified atom stereocenters. The van der Waals surface area contributed by atoms with Crippen LogP contribution in [-0.2, 0) is 6.54 Å². The second-order valence-corrected chi connectivity index (χ2v) is 5.20. The van der Waals surface area contributed by atoms with Gasteiger partial charge < -0.3 is 10.4 Å². The molecule has 0 aliphatic heterocycles. The number of hydrogen-bond donors (Lipinski definition) is 2. The van der Waals surface area contributed by atoms with E-state index in [0.717, 1.165) is 19.5 Å². The summed E-state index contributed by atoms with van der Waals surface area (Å²) in [7, 11) is 0. The summed E-state index contributed by atoms with van der Waals surface area (Å²) in [5.74, 6) is 0. The molecule has 0 fully saturated rings. The maximum atomic E-state index is 9.69. The van der Waals surface area contributed by atoms with Crippen LogP contribution in [0.15, 0.2) is 16.8 Å². The first kappa shape index (κ1) is 12.7. The molecule has 2 N–H and O–H groups in total. The summed E-state index contributed by atoms with van der Waals surface area (Å²) in [6, 6.07) is 2.13. The molecular weight excluding hydrogens is 206 g/mol. The molecule has 2 nitrogen and oxygen atoms in total. The molecule has 1 heterocycles. The topological polar surface area (TPSA) is 32.3 Å². The van der Waals surface area contributed by atoms with Crippen LogP contribution in [0.3, 0.4) is 0 Å². The van der Waals surface area contributed by atoms with Crippen LogP contribution in [-0.4, -0.2) is 17.8 Å². The Labute approximate surface area is 96.3 Å². The highest BCUT2D eigenvalue weighted by Gasteiger charge is 2.27. The Kier molecular flexibility index (Phi) is 4.77. The fourth-order valence-electron chi connectivity index (χ4n) is 1.45. The van der Waals surface area contributed by atoms with Crippen molar-refractivity contribution in [2.45, 2.75) is 39.8 Å². The van der Waals surface area contributed by atoms with E-state index in [1.165, 1.54) is 5.56 Å². The predicted octanol–water partition coefficient (Wildman–Crippen LogP) is 2.63. The lowest BCUT2D eigenvalue weighted by Gasteiger charge is -2.31. The number of rotatable bonds is 6. The zero-order chi connectivity index (χ0) is 11.3. The van der Waals surface area contributed by atoms with Gasteiger partial charge in [0.15, 0.2) is 0 Å². The SMILES string of the molecule is CCC(C)(CNCc1ccsc1)C(C)O. The summed E-state index contributed by atoms with van der Waals surface area (Å²) in [6.45, 7) is 7.87. The number of nitrogens with one attached hydrogen (secondary N) is 1. The van der Waals surface area contributed by atoms with Crippen LogP contribution in [0.2, 0.25) is 0 Å². The smallest absolute Gasteiger partial charge is 0.0577 e. The Balaban J connectivity index is 2.35. The fraction of sp³-hybridized carbons (Fsp3) is 0.667. The molecule has 0 amide bonds. The van der Waals surface area contributed by atoms with E-state index in [1.807, 2.05) is 6.92 Å². The minimum Gasteiger partial charge on any atom is -0.393 e. The molecule has 1 aromatic heterocycles. The maximum absolute atomic E-state index is 9.69. The van der Waals surface area contributed by atoms with Crippen molar-refractivity contribution in [3.05, 3.63) is 22.4 Å². The van der Waals surface area contributed by atoms with Gasteiger partial charge >= 0.3 is 0 Å². The largest absolute Gasteiger partial charge is 0.393 e. The zero-order valence-electron chi connectivity index (χ0n) is 9.79. The van der Waals surface area contributed by atoms with Gasteiger partial charge in [-0.3, -0.25) is 0 Å². The molecule has 0 aliphatic rings. The summed E-state index contributed by atoms with van der Waals surface area (Å²) in [6.07, 6.45) is 0.721. The monoisotopic (exact) mass is 227 g/mol. The van der Waals surface area contributed by atoms with Crippen molar-refractivity contribution in [2.24, 2.45) is 5.41 Å². The van der Waals surface area contributed by atoms with Crippen molar-refractivity contribution in [2.75, 3.05) is 6.54 Å². The molecule has 2 atom stereocenters. The second kappa shape index (κ2) is 5.64. The van der Waals surface area contributed by atoms with Crippen LogP contribution in [0.1, 0.15) is 32.8 Å². The lowest BCUT2D eigenvalue weighted by atomic mass is 9.82. The minimum absolute atomic E-state index is 0.0178. The van der Waals surface area contributed by atoms with Gasteiger partial charge in [-0.15, -0.1) is 0 Å². The van der Waals surface area contributed by atoms with Crippen molar-refractivity contribution in [1.82, 2.24) is 5.32 Å². The Morgan fingerprint density at radius 2 is 2.33 bits per heavy atom. The van der Waals surface area contributed by atoms with Gasteiger partial charge in [-0.05, 0) is 35.7 Å². The molecule has 0 spiro atoms.